The number of ether oxygens (including phenoxy) is 2. The molecular formula is C13H25NO4. The molecule has 0 heterocycles. The first-order valence-electron chi connectivity index (χ1n) is 6.08. The van der Waals surface area contributed by atoms with Gasteiger partial charge >= 0.3 is 12.2 Å². The lowest BCUT2D eigenvalue weighted by Gasteiger charge is -2.30. The van der Waals surface area contributed by atoms with Crippen LogP contribution in [-0.4, -0.2) is 34.3 Å². The molecule has 0 saturated carbocycles. The van der Waals surface area contributed by atoms with Crippen LogP contribution in [0, 0.1) is 0 Å². The normalized spacial score (nSPS) is 12.3. The van der Waals surface area contributed by atoms with E-state index < -0.39 is 23.4 Å². The molecule has 0 aromatic carbocycles. The van der Waals surface area contributed by atoms with Crippen molar-refractivity contribution in [1.29, 1.82) is 0 Å². The zero-order chi connectivity index (χ0) is 14.7. The molecule has 0 atom stereocenters. The molecule has 0 bridgehead atoms. The number of nitrogens with zero attached hydrogens (tertiary/aromatic N) is 1. The van der Waals surface area contributed by atoms with Crippen LogP contribution >= 0.6 is 0 Å². The number of rotatable bonds is 1. The molecule has 0 aliphatic rings. The Morgan fingerprint density at radius 1 is 0.833 bits per heavy atom. The second kappa shape index (κ2) is 5.59. The predicted molar refractivity (Wildman–Crippen MR) is 69.4 cm³/mol. The summed E-state index contributed by atoms with van der Waals surface area (Å²) in [6.07, 6.45) is -1.38. The molecule has 0 N–H and O–H groups in total. The molecule has 18 heavy (non-hydrogen) atoms. The largest absolute Gasteiger partial charge is 0.443 e. The molecule has 2 amide bonds. The Kier molecular flexibility index (Phi) is 5.20. The molecule has 0 saturated heterocycles. The van der Waals surface area contributed by atoms with Crippen LogP contribution < -0.4 is 0 Å². The molecule has 5 nitrogen and oxygen atoms in total. The highest BCUT2D eigenvalue weighted by atomic mass is 16.6. The second-order valence-electron chi connectivity index (χ2n) is 6.42. The number of carbonyl (C=O) groups excluding carboxylic acids is 2. The molecule has 0 fully saturated rings. The molecule has 0 aromatic heterocycles. The molecule has 0 spiro atoms. The third-order valence-corrected chi connectivity index (χ3v) is 1.70. The van der Waals surface area contributed by atoms with E-state index in [1.807, 2.05) is 0 Å². The number of hydrogen-bond acceptors (Lipinski definition) is 4. The average Bonchev–Trinajstić information content (AvgIpc) is 1.93. The van der Waals surface area contributed by atoms with E-state index in [1.54, 1.807) is 55.4 Å². The van der Waals surface area contributed by atoms with E-state index in [1.165, 1.54) is 0 Å². The molecular weight excluding hydrogens is 234 g/mol. The minimum Gasteiger partial charge on any atom is -0.443 e. The van der Waals surface area contributed by atoms with Crippen molar-refractivity contribution in [3.05, 3.63) is 0 Å². The van der Waals surface area contributed by atoms with Gasteiger partial charge in [0.1, 0.15) is 11.2 Å². The van der Waals surface area contributed by atoms with Gasteiger partial charge in [-0.2, -0.15) is 0 Å². The molecule has 0 aromatic rings. The van der Waals surface area contributed by atoms with Crippen LogP contribution in [0.2, 0.25) is 0 Å². The van der Waals surface area contributed by atoms with Gasteiger partial charge in [-0.3, -0.25) is 0 Å². The van der Waals surface area contributed by atoms with Crippen molar-refractivity contribution in [2.45, 2.75) is 72.6 Å². The van der Waals surface area contributed by atoms with Crippen molar-refractivity contribution in [1.82, 2.24) is 4.90 Å². The monoisotopic (exact) mass is 259 g/mol. The van der Waals surface area contributed by atoms with Gasteiger partial charge in [-0.1, -0.05) is 0 Å². The number of carbonyl (C=O) groups is 2. The van der Waals surface area contributed by atoms with Gasteiger partial charge in [-0.05, 0) is 55.4 Å². The van der Waals surface area contributed by atoms with Gasteiger partial charge in [0.05, 0.1) is 0 Å². The first-order valence-corrected chi connectivity index (χ1v) is 6.08. The minimum absolute atomic E-state index is 0.324. The van der Waals surface area contributed by atoms with Crippen LogP contribution in [0.5, 0.6) is 0 Å². The summed E-state index contributed by atoms with van der Waals surface area (Å²) in [6, 6.07) is -0.324. The van der Waals surface area contributed by atoms with Gasteiger partial charge in [-0.15, -0.1) is 0 Å². The first kappa shape index (κ1) is 16.7. The maximum atomic E-state index is 11.9. The zero-order valence-corrected chi connectivity index (χ0v) is 12.7. The Labute approximate surface area is 109 Å². The van der Waals surface area contributed by atoms with Crippen molar-refractivity contribution in [2.75, 3.05) is 0 Å². The van der Waals surface area contributed by atoms with Crippen LogP contribution in [0.25, 0.3) is 0 Å². The van der Waals surface area contributed by atoms with Crippen molar-refractivity contribution >= 4 is 12.2 Å². The molecule has 0 aliphatic carbocycles. The topological polar surface area (TPSA) is 55.8 Å². The average molecular weight is 259 g/mol. The number of amides is 2. The van der Waals surface area contributed by atoms with Crippen LogP contribution in [0.3, 0.4) is 0 Å². The summed E-state index contributed by atoms with van der Waals surface area (Å²) in [6.45, 7) is 14.0. The Hall–Kier alpha value is -1.26. The number of imide groups is 1. The highest BCUT2D eigenvalue weighted by Gasteiger charge is 2.32. The fourth-order valence-electron chi connectivity index (χ4n) is 1.12. The smallest absolute Gasteiger partial charge is 0.420 e. The summed E-state index contributed by atoms with van der Waals surface area (Å²) >= 11 is 0. The van der Waals surface area contributed by atoms with E-state index in [9.17, 15) is 9.59 Å². The number of hydrogen-bond donors (Lipinski definition) is 0. The van der Waals surface area contributed by atoms with E-state index in [0.29, 0.717) is 0 Å². The highest BCUT2D eigenvalue weighted by molar-refractivity contribution is 5.88. The minimum atomic E-state index is -0.688. The van der Waals surface area contributed by atoms with Gasteiger partial charge in [-0.25, -0.2) is 14.5 Å². The highest BCUT2D eigenvalue weighted by Crippen LogP contribution is 2.16. The second-order valence-corrected chi connectivity index (χ2v) is 6.42. The third kappa shape index (κ3) is 6.47. The lowest BCUT2D eigenvalue weighted by atomic mass is 10.2. The Bertz CT molecular complexity index is 282. The molecule has 0 aliphatic heterocycles. The molecule has 0 rings (SSSR count). The maximum absolute atomic E-state index is 11.9. The summed E-state index contributed by atoms with van der Waals surface area (Å²) in [5, 5.41) is 0. The van der Waals surface area contributed by atoms with Gasteiger partial charge in [0, 0.05) is 6.04 Å². The standard InChI is InChI=1S/C13H25NO4/c1-9(2)14(10(15)17-12(3,4)5)11(16)18-13(6,7)8/h9H,1-8H3. The van der Waals surface area contributed by atoms with Gasteiger partial charge in [0.25, 0.3) is 0 Å². The third-order valence-electron chi connectivity index (χ3n) is 1.70. The fourth-order valence-corrected chi connectivity index (χ4v) is 1.12. The van der Waals surface area contributed by atoms with Crippen LogP contribution in [-0.2, 0) is 9.47 Å². The van der Waals surface area contributed by atoms with Crippen molar-refractivity contribution in [3.63, 3.8) is 0 Å². The molecule has 0 radical (unpaired) electrons. The van der Waals surface area contributed by atoms with E-state index in [4.69, 9.17) is 9.47 Å². The van der Waals surface area contributed by atoms with E-state index >= 15 is 0 Å². The summed E-state index contributed by atoms with van der Waals surface area (Å²) in [5.74, 6) is 0. The van der Waals surface area contributed by atoms with Crippen LogP contribution in [0.1, 0.15) is 55.4 Å². The van der Waals surface area contributed by atoms with Crippen LogP contribution in [0.4, 0.5) is 9.59 Å². The van der Waals surface area contributed by atoms with E-state index in [-0.39, 0.29) is 6.04 Å². The lowest BCUT2D eigenvalue weighted by Crippen LogP contribution is -2.47. The lowest BCUT2D eigenvalue weighted by molar-refractivity contribution is -0.00429. The SMILES string of the molecule is CC(C)N(C(=O)OC(C)(C)C)C(=O)OC(C)(C)C. The zero-order valence-electron chi connectivity index (χ0n) is 12.7. The quantitative estimate of drug-likeness (QED) is 0.722. The molecule has 106 valence electrons. The Balaban J connectivity index is 4.88. The summed E-state index contributed by atoms with van der Waals surface area (Å²) in [7, 11) is 0. The molecule has 0 unspecified atom stereocenters. The van der Waals surface area contributed by atoms with Gasteiger partial charge < -0.3 is 9.47 Å². The van der Waals surface area contributed by atoms with Crippen molar-refractivity contribution < 1.29 is 19.1 Å². The van der Waals surface area contributed by atoms with Gasteiger partial charge in [0.15, 0.2) is 0 Å². The van der Waals surface area contributed by atoms with Gasteiger partial charge in [0.2, 0.25) is 0 Å². The maximum Gasteiger partial charge on any atom is 0.420 e. The predicted octanol–water partition coefficient (Wildman–Crippen LogP) is 3.57. The molecule has 5 heteroatoms. The first-order chi connectivity index (χ1) is 7.83. The summed E-state index contributed by atoms with van der Waals surface area (Å²) in [4.78, 5) is 24.8. The van der Waals surface area contributed by atoms with Crippen molar-refractivity contribution in [3.8, 4) is 0 Å². The van der Waals surface area contributed by atoms with E-state index in [0.717, 1.165) is 4.90 Å². The van der Waals surface area contributed by atoms with E-state index in [2.05, 4.69) is 0 Å². The fraction of sp³-hybridized carbons (Fsp3) is 0.846. The Morgan fingerprint density at radius 3 is 1.28 bits per heavy atom. The van der Waals surface area contributed by atoms with Crippen molar-refractivity contribution in [2.24, 2.45) is 0 Å². The van der Waals surface area contributed by atoms with Crippen LogP contribution in [0.15, 0.2) is 0 Å². The summed E-state index contributed by atoms with van der Waals surface area (Å²) in [5.41, 5.74) is -1.29. The Morgan fingerprint density at radius 2 is 1.11 bits per heavy atom. The summed E-state index contributed by atoms with van der Waals surface area (Å²) < 4.78 is 10.4.